The minimum atomic E-state index is -0.516. The van der Waals surface area contributed by atoms with E-state index >= 15 is 0 Å². The number of carbonyl (C=O) groups excluding carboxylic acids is 3. The van der Waals surface area contributed by atoms with Gasteiger partial charge in [0.2, 0.25) is 5.91 Å². The number of ether oxygens (including phenoxy) is 1. The summed E-state index contributed by atoms with van der Waals surface area (Å²) in [5.74, 6) is -0.267. The van der Waals surface area contributed by atoms with E-state index in [4.69, 9.17) is 4.74 Å². The van der Waals surface area contributed by atoms with E-state index in [9.17, 15) is 14.4 Å². The average Bonchev–Trinajstić information content (AvgIpc) is 3.27. The molecule has 3 atom stereocenters. The number of hydrogen-bond acceptors (Lipinski definition) is 6. The molecule has 0 radical (unpaired) electrons. The quantitative estimate of drug-likeness (QED) is 0.763. The molecule has 8 heteroatoms. The normalized spacial score (nSPS) is 25.3. The number of amides is 3. The van der Waals surface area contributed by atoms with Crippen LogP contribution in [0.3, 0.4) is 0 Å². The van der Waals surface area contributed by atoms with Gasteiger partial charge in [0.1, 0.15) is 6.04 Å². The second-order valence-corrected chi connectivity index (χ2v) is 7.90. The molecular weight excluding hydrogens is 354 g/mol. The maximum Gasteiger partial charge on any atom is 0.323 e. The van der Waals surface area contributed by atoms with E-state index in [0.717, 1.165) is 30.6 Å². The van der Waals surface area contributed by atoms with Crippen LogP contribution in [0.15, 0.2) is 17.5 Å². The summed E-state index contributed by atoms with van der Waals surface area (Å²) < 4.78 is 4.92. The zero-order valence-corrected chi connectivity index (χ0v) is 15.7. The molecule has 3 rings (SSSR count). The molecule has 2 heterocycles. The van der Waals surface area contributed by atoms with Gasteiger partial charge in [0, 0.05) is 10.9 Å². The zero-order chi connectivity index (χ0) is 18.5. The molecule has 1 aromatic heterocycles. The molecular formula is C18H25N3O4S. The molecule has 1 aliphatic carbocycles. The molecule has 7 nitrogen and oxygen atoms in total. The molecule has 1 aromatic rings. The van der Waals surface area contributed by atoms with Gasteiger partial charge >= 0.3 is 12.0 Å². The number of imide groups is 1. The first-order chi connectivity index (χ1) is 12.6. The van der Waals surface area contributed by atoms with Crippen molar-refractivity contribution in [1.29, 1.82) is 0 Å². The number of fused-ring (bicyclic) bond motifs is 1. The molecule has 3 amide bonds. The number of methoxy groups -OCH3 is 1. The SMILES string of the molecule is COC(=O)[C@@H]1C[C@@H]2CCCC[C@@H]2N1CC(=O)NC(=O)NCc1cccs1. The van der Waals surface area contributed by atoms with Crippen molar-refractivity contribution in [1.82, 2.24) is 15.5 Å². The van der Waals surface area contributed by atoms with Crippen molar-refractivity contribution in [2.45, 2.75) is 50.7 Å². The van der Waals surface area contributed by atoms with Gasteiger partial charge in [0.15, 0.2) is 0 Å². The predicted molar refractivity (Wildman–Crippen MR) is 97.6 cm³/mol. The van der Waals surface area contributed by atoms with Crippen LogP contribution in [-0.4, -0.2) is 48.5 Å². The molecule has 2 aliphatic rings. The number of likely N-dealkylation sites (tertiary alicyclic amines) is 1. The van der Waals surface area contributed by atoms with Crippen LogP contribution in [0.4, 0.5) is 4.79 Å². The molecule has 26 heavy (non-hydrogen) atoms. The van der Waals surface area contributed by atoms with E-state index < -0.39 is 18.0 Å². The van der Waals surface area contributed by atoms with Gasteiger partial charge in [-0.2, -0.15) is 0 Å². The lowest BCUT2D eigenvalue weighted by Crippen LogP contribution is -2.50. The van der Waals surface area contributed by atoms with Crippen LogP contribution in [-0.2, 0) is 20.9 Å². The van der Waals surface area contributed by atoms with Gasteiger partial charge < -0.3 is 10.1 Å². The van der Waals surface area contributed by atoms with Gasteiger partial charge in [-0.25, -0.2) is 4.79 Å². The Morgan fingerprint density at radius 1 is 1.31 bits per heavy atom. The van der Waals surface area contributed by atoms with E-state index in [2.05, 4.69) is 10.6 Å². The molecule has 0 spiro atoms. The number of carbonyl (C=O) groups is 3. The molecule has 0 unspecified atom stereocenters. The summed E-state index contributed by atoms with van der Waals surface area (Å²) in [6, 6.07) is 3.13. The second-order valence-electron chi connectivity index (χ2n) is 6.87. The van der Waals surface area contributed by atoms with E-state index in [-0.39, 0.29) is 18.6 Å². The first kappa shape index (κ1) is 18.8. The van der Waals surface area contributed by atoms with Crippen molar-refractivity contribution in [3.8, 4) is 0 Å². The van der Waals surface area contributed by atoms with Crippen molar-refractivity contribution in [3.05, 3.63) is 22.4 Å². The fraction of sp³-hybridized carbons (Fsp3) is 0.611. The zero-order valence-electron chi connectivity index (χ0n) is 14.9. The highest BCUT2D eigenvalue weighted by atomic mass is 32.1. The van der Waals surface area contributed by atoms with Gasteiger partial charge in [0.25, 0.3) is 0 Å². The highest BCUT2D eigenvalue weighted by Gasteiger charge is 2.46. The molecule has 1 saturated heterocycles. The Bertz CT molecular complexity index is 649. The highest BCUT2D eigenvalue weighted by molar-refractivity contribution is 7.09. The van der Waals surface area contributed by atoms with E-state index in [1.807, 2.05) is 22.4 Å². The van der Waals surface area contributed by atoms with Crippen LogP contribution in [0.25, 0.3) is 0 Å². The van der Waals surface area contributed by atoms with Gasteiger partial charge in [-0.05, 0) is 36.6 Å². The Balaban J connectivity index is 1.55. The van der Waals surface area contributed by atoms with Crippen molar-refractivity contribution in [2.75, 3.05) is 13.7 Å². The summed E-state index contributed by atoms with van der Waals surface area (Å²) >= 11 is 1.54. The molecule has 0 aromatic carbocycles. The Hall–Kier alpha value is -1.93. The fourth-order valence-electron chi connectivity index (χ4n) is 4.10. The van der Waals surface area contributed by atoms with Gasteiger partial charge in [-0.3, -0.25) is 19.8 Å². The third-order valence-electron chi connectivity index (χ3n) is 5.28. The summed E-state index contributed by atoms with van der Waals surface area (Å²) in [5.41, 5.74) is 0. The lowest BCUT2D eigenvalue weighted by Gasteiger charge is -2.32. The minimum absolute atomic E-state index is 0.0351. The van der Waals surface area contributed by atoms with E-state index in [1.54, 1.807) is 11.3 Å². The molecule has 1 saturated carbocycles. The fourth-order valence-corrected chi connectivity index (χ4v) is 4.75. The van der Waals surface area contributed by atoms with Crippen LogP contribution in [0.1, 0.15) is 37.0 Å². The number of urea groups is 1. The summed E-state index contributed by atoms with van der Waals surface area (Å²) in [5, 5.41) is 6.97. The topological polar surface area (TPSA) is 87.7 Å². The lowest BCUT2D eigenvalue weighted by molar-refractivity contribution is -0.146. The monoisotopic (exact) mass is 379 g/mol. The van der Waals surface area contributed by atoms with Crippen molar-refractivity contribution in [2.24, 2.45) is 5.92 Å². The number of nitrogens with one attached hydrogen (secondary N) is 2. The van der Waals surface area contributed by atoms with Crippen molar-refractivity contribution < 1.29 is 19.1 Å². The average molecular weight is 379 g/mol. The number of rotatable bonds is 5. The second kappa shape index (κ2) is 8.64. The lowest BCUT2D eigenvalue weighted by atomic mass is 9.85. The number of thiophene rings is 1. The molecule has 142 valence electrons. The summed E-state index contributed by atoms with van der Waals surface area (Å²) in [4.78, 5) is 39.3. The van der Waals surface area contributed by atoms with E-state index in [0.29, 0.717) is 12.5 Å². The smallest absolute Gasteiger partial charge is 0.323 e. The first-order valence-electron chi connectivity index (χ1n) is 9.02. The van der Waals surface area contributed by atoms with Crippen LogP contribution < -0.4 is 10.6 Å². The summed E-state index contributed by atoms with van der Waals surface area (Å²) in [7, 11) is 1.38. The third kappa shape index (κ3) is 4.42. The maximum atomic E-state index is 12.3. The maximum absolute atomic E-state index is 12.3. The van der Waals surface area contributed by atoms with Crippen molar-refractivity contribution >= 4 is 29.2 Å². The van der Waals surface area contributed by atoms with Crippen LogP contribution in [0, 0.1) is 5.92 Å². The van der Waals surface area contributed by atoms with Crippen LogP contribution in [0.5, 0.6) is 0 Å². The third-order valence-corrected chi connectivity index (χ3v) is 6.15. The standard InChI is InChI=1S/C18H25N3O4S/c1-25-17(23)15-9-12-5-2-3-7-14(12)21(15)11-16(22)20-18(24)19-10-13-6-4-8-26-13/h4,6,8,12,14-15H,2-3,5,7,9-11H2,1H3,(H2,19,20,22,24)/t12-,14-,15-/m0/s1. The van der Waals surface area contributed by atoms with Crippen LogP contribution >= 0.6 is 11.3 Å². The number of hydrogen-bond donors (Lipinski definition) is 2. The van der Waals surface area contributed by atoms with Gasteiger partial charge in [0.05, 0.1) is 20.2 Å². The van der Waals surface area contributed by atoms with E-state index in [1.165, 1.54) is 13.5 Å². The molecule has 1 aliphatic heterocycles. The minimum Gasteiger partial charge on any atom is -0.468 e. The number of nitrogens with zero attached hydrogens (tertiary/aromatic N) is 1. The van der Waals surface area contributed by atoms with Crippen LogP contribution in [0.2, 0.25) is 0 Å². The Labute approximate surface area is 157 Å². The summed E-state index contributed by atoms with van der Waals surface area (Å²) in [6.07, 6.45) is 5.07. The highest BCUT2D eigenvalue weighted by Crippen LogP contribution is 2.39. The molecule has 2 fully saturated rings. The Kier molecular flexibility index (Phi) is 6.26. The Morgan fingerprint density at radius 2 is 2.12 bits per heavy atom. The predicted octanol–water partition coefficient (Wildman–Crippen LogP) is 1.88. The van der Waals surface area contributed by atoms with Gasteiger partial charge in [-0.15, -0.1) is 11.3 Å². The number of esters is 1. The van der Waals surface area contributed by atoms with Gasteiger partial charge in [-0.1, -0.05) is 18.9 Å². The first-order valence-corrected chi connectivity index (χ1v) is 9.90. The largest absolute Gasteiger partial charge is 0.468 e. The summed E-state index contributed by atoms with van der Waals surface area (Å²) in [6.45, 7) is 0.420. The molecule has 2 N–H and O–H groups in total. The van der Waals surface area contributed by atoms with Crippen molar-refractivity contribution in [3.63, 3.8) is 0 Å². The molecule has 0 bridgehead atoms. The Morgan fingerprint density at radius 3 is 2.85 bits per heavy atom.